The first-order valence-corrected chi connectivity index (χ1v) is 10.4. The van der Waals surface area contributed by atoms with Crippen LogP contribution in [0, 0.1) is 11.3 Å². The zero-order valence-electron chi connectivity index (χ0n) is 18.5. The highest BCUT2D eigenvalue weighted by Gasteiger charge is 2.10. The van der Waals surface area contributed by atoms with E-state index in [1.165, 1.54) is 18.7 Å². The number of amides is 1. The summed E-state index contributed by atoms with van der Waals surface area (Å²) in [6.45, 7) is 2.39. The topological polar surface area (TPSA) is 88.4 Å². The van der Waals surface area contributed by atoms with E-state index in [2.05, 4.69) is 17.0 Å². The number of esters is 1. The van der Waals surface area contributed by atoms with Gasteiger partial charge in [0.1, 0.15) is 24.0 Å². The van der Waals surface area contributed by atoms with Crippen LogP contribution in [0.25, 0.3) is 6.08 Å². The molecule has 0 aliphatic heterocycles. The van der Waals surface area contributed by atoms with E-state index in [0.717, 1.165) is 12.0 Å². The van der Waals surface area contributed by atoms with Crippen LogP contribution in [-0.2, 0) is 22.6 Å². The molecule has 0 bridgehead atoms. The molecule has 0 saturated carbocycles. The highest BCUT2D eigenvalue weighted by atomic mass is 16.5. The van der Waals surface area contributed by atoms with Crippen LogP contribution in [0.3, 0.4) is 0 Å². The van der Waals surface area contributed by atoms with Crippen LogP contribution in [0.4, 0.5) is 5.69 Å². The minimum atomic E-state index is -0.461. The van der Waals surface area contributed by atoms with Crippen LogP contribution >= 0.6 is 0 Å². The van der Waals surface area contributed by atoms with Crippen molar-refractivity contribution in [2.75, 3.05) is 12.4 Å². The van der Waals surface area contributed by atoms with Gasteiger partial charge in [0, 0.05) is 5.69 Å². The number of nitrogens with zero attached hydrogens (tertiary/aromatic N) is 1. The summed E-state index contributed by atoms with van der Waals surface area (Å²) < 4.78 is 10.5. The highest BCUT2D eigenvalue weighted by molar-refractivity contribution is 6.09. The van der Waals surface area contributed by atoms with E-state index in [1.54, 1.807) is 48.5 Å². The SMILES string of the molecule is CCc1ccc(NC(=O)/C(C#N)=C/c2ccc(OCc3ccc(C(=O)OC)cc3)cc2)cc1. The Kier molecular flexibility index (Phi) is 7.98. The molecule has 33 heavy (non-hydrogen) atoms. The number of methoxy groups -OCH3 is 1. The van der Waals surface area contributed by atoms with E-state index in [9.17, 15) is 14.9 Å². The van der Waals surface area contributed by atoms with Crippen molar-refractivity contribution >= 4 is 23.6 Å². The average molecular weight is 440 g/mol. The van der Waals surface area contributed by atoms with Gasteiger partial charge in [0.15, 0.2) is 0 Å². The van der Waals surface area contributed by atoms with Crippen LogP contribution in [0.15, 0.2) is 78.4 Å². The smallest absolute Gasteiger partial charge is 0.337 e. The predicted molar refractivity (Wildman–Crippen MR) is 127 cm³/mol. The lowest BCUT2D eigenvalue weighted by Gasteiger charge is -2.08. The van der Waals surface area contributed by atoms with Crippen LogP contribution in [0.2, 0.25) is 0 Å². The van der Waals surface area contributed by atoms with Crippen LogP contribution in [0.1, 0.15) is 34.0 Å². The lowest BCUT2D eigenvalue weighted by molar-refractivity contribution is -0.112. The molecule has 6 heteroatoms. The number of nitriles is 1. The molecule has 0 aliphatic rings. The Morgan fingerprint density at radius 3 is 2.15 bits per heavy atom. The third-order valence-corrected chi connectivity index (χ3v) is 4.96. The fourth-order valence-electron chi connectivity index (χ4n) is 3.02. The Morgan fingerprint density at radius 2 is 1.58 bits per heavy atom. The molecule has 3 aromatic rings. The molecule has 166 valence electrons. The minimum absolute atomic E-state index is 0.00827. The number of rotatable bonds is 8. The molecule has 3 rings (SSSR count). The summed E-state index contributed by atoms with van der Waals surface area (Å²) in [5.41, 5.74) is 3.91. The first-order chi connectivity index (χ1) is 16.0. The second-order valence-electron chi connectivity index (χ2n) is 7.22. The van der Waals surface area contributed by atoms with Crippen molar-refractivity contribution in [2.24, 2.45) is 0 Å². The number of anilines is 1. The Morgan fingerprint density at radius 1 is 0.939 bits per heavy atom. The summed E-state index contributed by atoms with van der Waals surface area (Å²) in [7, 11) is 1.34. The molecule has 1 amide bonds. The van der Waals surface area contributed by atoms with Crippen molar-refractivity contribution in [1.82, 2.24) is 0 Å². The molecule has 0 fully saturated rings. The first-order valence-electron chi connectivity index (χ1n) is 10.4. The fourth-order valence-corrected chi connectivity index (χ4v) is 3.02. The van der Waals surface area contributed by atoms with Crippen LogP contribution in [-0.4, -0.2) is 19.0 Å². The van der Waals surface area contributed by atoms with Gasteiger partial charge in [-0.25, -0.2) is 4.79 Å². The number of ether oxygens (including phenoxy) is 2. The Balaban J connectivity index is 1.60. The third kappa shape index (κ3) is 6.55. The van der Waals surface area contributed by atoms with Gasteiger partial charge >= 0.3 is 5.97 Å². The van der Waals surface area contributed by atoms with E-state index in [0.29, 0.717) is 29.2 Å². The number of carbonyl (C=O) groups excluding carboxylic acids is 2. The summed E-state index contributed by atoms with van der Waals surface area (Å²) in [5.74, 6) is -0.202. The molecule has 6 nitrogen and oxygen atoms in total. The molecule has 0 unspecified atom stereocenters. The first kappa shape index (κ1) is 23.3. The second-order valence-corrected chi connectivity index (χ2v) is 7.22. The van der Waals surface area contributed by atoms with Gasteiger partial charge in [-0.05, 0) is 65.6 Å². The van der Waals surface area contributed by atoms with E-state index >= 15 is 0 Å². The number of nitrogens with one attached hydrogen (secondary N) is 1. The van der Waals surface area contributed by atoms with Crippen LogP contribution < -0.4 is 10.1 Å². The molecule has 0 heterocycles. The van der Waals surface area contributed by atoms with Gasteiger partial charge < -0.3 is 14.8 Å². The minimum Gasteiger partial charge on any atom is -0.489 e. The molecular formula is C27H24N2O4. The number of hydrogen-bond acceptors (Lipinski definition) is 5. The molecule has 0 aromatic heterocycles. The van der Waals surface area contributed by atoms with Gasteiger partial charge in [0.25, 0.3) is 5.91 Å². The van der Waals surface area contributed by atoms with Gasteiger partial charge in [-0.3, -0.25) is 4.79 Å². The fraction of sp³-hybridized carbons (Fsp3) is 0.148. The predicted octanol–water partition coefficient (Wildman–Crippen LogP) is 5.16. The van der Waals surface area contributed by atoms with Crippen molar-refractivity contribution in [1.29, 1.82) is 5.26 Å². The van der Waals surface area contributed by atoms with Crippen LogP contribution in [0.5, 0.6) is 5.75 Å². The normalized spacial score (nSPS) is 10.8. The van der Waals surface area contributed by atoms with E-state index < -0.39 is 5.91 Å². The lowest BCUT2D eigenvalue weighted by Crippen LogP contribution is -2.13. The van der Waals surface area contributed by atoms with Crippen molar-refractivity contribution in [3.63, 3.8) is 0 Å². The van der Waals surface area contributed by atoms with Gasteiger partial charge in [0.05, 0.1) is 12.7 Å². The summed E-state index contributed by atoms with van der Waals surface area (Å²) in [6.07, 6.45) is 2.45. The van der Waals surface area contributed by atoms with Crippen molar-refractivity contribution in [2.45, 2.75) is 20.0 Å². The summed E-state index contributed by atoms with van der Waals surface area (Å²) in [5, 5.41) is 12.2. The molecule has 1 N–H and O–H groups in total. The largest absolute Gasteiger partial charge is 0.489 e. The maximum atomic E-state index is 12.5. The molecular weight excluding hydrogens is 416 g/mol. The van der Waals surface area contributed by atoms with E-state index in [-0.39, 0.29) is 11.5 Å². The number of aryl methyl sites for hydroxylation is 1. The summed E-state index contributed by atoms with van der Waals surface area (Å²) in [4.78, 5) is 23.9. The summed E-state index contributed by atoms with van der Waals surface area (Å²) in [6, 6.07) is 23.5. The van der Waals surface area contributed by atoms with Crippen molar-refractivity contribution < 1.29 is 19.1 Å². The number of benzene rings is 3. The third-order valence-electron chi connectivity index (χ3n) is 4.96. The van der Waals surface area contributed by atoms with E-state index in [4.69, 9.17) is 4.74 Å². The van der Waals surface area contributed by atoms with Gasteiger partial charge in [-0.2, -0.15) is 5.26 Å². The maximum Gasteiger partial charge on any atom is 0.337 e. The Bertz CT molecular complexity index is 1170. The molecule has 0 aliphatic carbocycles. The number of hydrogen-bond donors (Lipinski definition) is 1. The Hall–Kier alpha value is -4.37. The van der Waals surface area contributed by atoms with Gasteiger partial charge in [0.2, 0.25) is 0 Å². The quantitative estimate of drug-likeness (QED) is 0.297. The summed E-state index contributed by atoms with van der Waals surface area (Å²) >= 11 is 0. The molecule has 0 spiro atoms. The molecule has 0 radical (unpaired) electrons. The van der Waals surface area contributed by atoms with Gasteiger partial charge in [-0.1, -0.05) is 43.3 Å². The number of carbonyl (C=O) groups is 2. The second kappa shape index (κ2) is 11.3. The highest BCUT2D eigenvalue weighted by Crippen LogP contribution is 2.18. The van der Waals surface area contributed by atoms with Crippen molar-refractivity contribution in [3.8, 4) is 11.8 Å². The molecule has 0 saturated heterocycles. The van der Waals surface area contributed by atoms with Crippen molar-refractivity contribution in [3.05, 3.63) is 101 Å². The molecule has 0 atom stereocenters. The van der Waals surface area contributed by atoms with E-state index in [1.807, 2.05) is 30.3 Å². The van der Waals surface area contributed by atoms with Gasteiger partial charge in [-0.15, -0.1) is 0 Å². The lowest BCUT2D eigenvalue weighted by atomic mass is 10.1. The Labute approximate surface area is 193 Å². The maximum absolute atomic E-state index is 12.5. The molecule has 3 aromatic carbocycles. The monoisotopic (exact) mass is 440 g/mol. The average Bonchev–Trinajstić information content (AvgIpc) is 2.87. The zero-order chi connectivity index (χ0) is 23.6. The standard InChI is InChI=1S/C27H24N2O4/c1-3-19-6-12-24(13-7-19)29-26(30)23(17-28)16-20-8-14-25(15-9-20)33-18-21-4-10-22(11-5-21)27(31)32-2/h4-16H,3,18H2,1-2H3,(H,29,30)/b23-16+. The zero-order valence-corrected chi connectivity index (χ0v) is 18.5.